The molecular weight excluding hydrogens is 328 g/mol. The number of nitrogens with zero attached hydrogens (tertiary/aromatic N) is 2. The van der Waals surface area contributed by atoms with Crippen LogP contribution in [0, 0.1) is 13.8 Å². The maximum Gasteiger partial charge on any atom is 0.258 e. The highest BCUT2D eigenvalue weighted by molar-refractivity contribution is 6.32. The van der Waals surface area contributed by atoms with Crippen LogP contribution in [0.2, 0.25) is 5.02 Å². The fraction of sp³-hybridized carbons (Fsp3) is 0.556. The monoisotopic (exact) mass is 352 g/mol. The highest BCUT2D eigenvalue weighted by atomic mass is 35.5. The van der Waals surface area contributed by atoms with Crippen molar-refractivity contribution in [3.63, 3.8) is 0 Å². The van der Waals surface area contributed by atoms with Gasteiger partial charge in [-0.25, -0.2) is 0 Å². The quantitative estimate of drug-likeness (QED) is 0.840. The van der Waals surface area contributed by atoms with Crippen molar-refractivity contribution in [3.8, 4) is 5.75 Å². The van der Waals surface area contributed by atoms with E-state index in [1.807, 2.05) is 25.7 Å². The predicted octanol–water partition coefficient (Wildman–Crippen LogP) is 3.05. The molecule has 0 N–H and O–H groups in total. The van der Waals surface area contributed by atoms with Gasteiger partial charge in [0.15, 0.2) is 0 Å². The Bertz CT molecular complexity index is 646. The summed E-state index contributed by atoms with van der Waals surface area (Å²) >= 11 is 6.33. The van der Waals surface area contributed by atoms with Crippen molar-refractivity contribution < 1.29 is 14.3 Å². The summed E-state index contributed by atoms with van der Waals surface area (Å²) in [5, 5.41) is 0.594. The zero-order valence-electron chi connectivity index (χ0n) is 14.8. The SMILES string of the molecule is CCC(=O)N1CCCN(C(=O)c2c(OC)cc(C)c(Cl)c2C)CC1. The van der Waals surface area contributed by atoms with Crippen LogP contribution in [0.15, 0.2) is 6.07 Å². The first kappa shape index (κ1) is 18.6. The molecule has 0 unspecified atom stereocenters. The van der Waals surface area contributed by atoms with Crippen molar-refractivity contribution >= 4 is 23.4 Å². The van der Waals surface area contributed by atoms with Gasteiger partial charge in [0, 0.05) is 37.6 Å². The second-order valence-electron chi connectivity index (χ2n) is 6.09. The van der Waals surface area contributed by atoms with Crippen LogP contribution in [0.1, 0.15) is 41.3 Å². The lowest BCUT2D eigenvalue weighted by Gasteiger charge is -2.24. The molecule has 6 heteroatoms. The van der Waals surface area contributed by atoms with Gasteiger partial charge in [0.2, 0.25) is 5.91 Å². The molecule has 0 saturated carbocycles. The Hall–Kier alpha value is -1.75. The standard InChI is InChI=1S/C18H25ClN2O3/c1-5-15(22)20-7-6-8-21(10-9-20)18(23)16-13(3)17(19)12(2)11-14(16)24-4/h11H,5-10H2,1-4H3. The summed E-state index contributed by atoms with van der Waals surface area (Å²) < 4.78 is 5.41. The molecule has 2 rings (SSSR count). The van der Waals surface area contributed by atoms with Gasteiger partial charge in [-0.15, -0.1) is 0 Å². The number of carbonyl (C=O) groups is 2. The number of rotatable bonds is 3. The Morgan fingerprint density at radius 2 is 1.79 bits per heavy atom. The molecule has 24 heavy (non-hydrogen) atoms. The van der Waals surface area contributed by atoms with Gasteiger partial charge < -0.3 is 14.5 Å². The minimum Gasteiger partial charge on any atom is -0.496 e. The molecule has 0 aliphatic carbocycles. The highest BCUT2D eigenvalue weighted by Crippen LogP contribution is 2.32. The number of carbonyl (C=O) groups excluding carboxylic acids is 2. The lowest BCUT2D eigenvalue weighted by Crippen LogP contribution is -2.37. The van der Waals surface area contributed by atoms with Crippen LogP contribution in [0.25, 0.3) is 0 Å². The molecule has 0 radical (unpaired) electrons. The van der Waals surface area contributed by atoms with Crippen molar-refractivity contribution in [2.24, 2.45) is 0 Å². The number of amides is 2. The maximum absolute atomic E-state index is 13.0. The molecule has 0 aromatic heterocycles. The van der Waals surface area contributed by atoms with Crippen molar-refractivity contribution in [2.75, 3.05) is 33.3 Å². The van der Waals surface area contributed by atoms with E-state index in [2.05, 4.69) is 0 Å². The Labute approximate surface area is 148 Å². The van der Waals surface area contributed by atoms with E-state index in [-0.39, 0.29) is 11.8 Å². The average molecular weight is 353 g/mol. The molecule has 132 valence electrons. The molecule has 1 aromatic carbocycles. The minimum absolute atomic E-state index is 0.0861. The number of halogens is 1. The second kappa shape index (κ2) is 7.88. The third kappa shape index (κ3) is 3.66. The summed E-state index contributed by atoms with van der Waals surface area (Å²) in [6, 6.07) is 1.80. The van der Waals surface area contributed by atoms with Crippen LogP contribution in [-0.4, -0.2) is 54.9 Å². The molecule has 0 bridgehead atoms. The number of aryl methyl sites for hydroxylation is 1. The van der Waals surface area contributed by atoms with Gasteiger partial charge in [-0.05, 0) is 37.5 Å². The average Bonchev–Trinajstić information content (AvgIpc) is 2.84. The maximum atomic E-state index is 13.0. The van der Waals surface area contributed by atoms with Crippen molar-refractivity contribution in [1.82, 2.24) is 9.80 Å². The third-order valence-electron chi connectivity index (χ3n) is 4.52. The number of hydrogen-bond acceptors (Lipinski definition) is 3. The van der Waals surface area contributed by atoms with Crippen LogP contribution in [0.5, 0.6) is 5.75 Å². The smallest absolute Gasteiger partial charge is 0.258 e. The number of ether oxygens (including phenoxy) is 1. The van der Waals surface area contributed by atoms with Gasteiger partial charge in [-0.3, -0.25) is 9.59 Å². The van der Waals surface area contributed by atoms with Gasteiger partial charge in [-0.1, -0.05) is 18.5 Å². The molecule has 1 aliphatic heterocycles. The first-order valence-corrected chi connectivity index (χ1v) is 8.69. The van der Waals surface area contributed by atoms with Crippen LogP contribution in [0.4, 0.5) is 0 Å². The largest absolute Gasteiger partial charge is 0.496 e. The number of methoxy groups -OCH3 is 1. The lowest BCUT2D eigenvalue weighted by molar-refractivity contribution is -0.130. The summed E-state index contributed by atoms with van der Waals surface area (Å²) in [4.78, 5) is 28.6. The Kier molecular flexibility index (Phi) is 6.10. The number of hydrogen-bond donors (Lipinski definition) is 0. The molecule has 1 aliphatic rings. The van der Waals surface area contributed by atoms with Crippen LogP contribution < -0.4 is 4.74 Å². The minimum atomic E-state index is -0.0861. The highest BCUT2D eigenvalue weighted by Gasteiger charge is 2.26. The summed E-state index contributed by atoms with van der Waals surface area (Å²) in [6.45, 7) is 8.01. The van der Waals surface area contributed by atoms with Gasteiger partial charge in [-0.2, -0.15) is 0 Å². The topological polar surface area (TPSA) is 49.9 Å². The van der Waals surface area contributed by atoms with Gasteiger partial charge in [0.25, 0.3) is 5.91 Å². The summed E-state index contributed by atoms with van der Waals surface area (Å²) in [5.41, 5.74) is 2.14. The van der Waals surface area contributed by atoms with Crippen molar-refractivity contribution in [3.05, 3.63) is 27.8 Å². The van der Waals surface area contributed by atoms with Crippen LogP contribution >= 0.6 is 11.6 Å². The first-order valence-electron chi connectivity index (χ1n) is 8.31. The summed E-state index contributed by atoms with van der Waals surface area (Å²) in [6.07, 6.45) is 1.27. The fourth-order valence-electron chi connectivity index (χ4n) is 3.10. The van der Waals surface area contributed by atoms with Crippen molar-refractivity contribution in [2.45, 2.75) is 33.6 Å². The van der Waals surface area contributed by atoms with Gasteiger partial charge in [0.05, 0.1) is 12.7 Å². The Morgan fingerprint density at radius 3 is 2.42 bits per heavy atom. The fourth-order valence-corrected chi connectivity index (χ4v) is 3.25. The van der Waals surface area contributed by atoms with E-state index in [9.17, 15) is 9.59 Å². The van der Waals surface area contributed by atoms with E-state index in [1.165, 1.54) is 0 Å². The van der Waals surface area contributed by atoms with E-state index in [1.54, 1.807) is 18.1 Å². The Morgan fingerprint density at radius 1 is 1.17 bits per heavy atom. The molecule has 0 spiro atoms. The Balaban J connectivity index is 2.26. The molecular formula is C18H25ClN2O3. The third-order valence-corrected chi connectivity index (χ3v) is 5.10. The van der Waals surface area contributed by atoms with Crippen LogP contribution in [-0.2, 0) is 4.79 Å². The zero-order chi connectivity index (χ0) is 17.9. The molecule has 1 saturated heterocycles. The molecule has 1 fully saturated rings. The molecule has 5 nitrogen and oxygen atoms in total. The molecule has 1 aromatic rings. The first-order chi connectivity index (χ1) is 11.4. The summed E-state index contributed by atoms with van der Waals surface area (Å²) in [7, 11) is 1.56. The zero-order valence-corrected chi connectivity index (χ0v) is 15.6. The van der Waals surface area contributed by atoms with Crippen molar-refractivity contribution in [1.29, 1.82) is 0 Å². The second-order valence-corrected chi connectivity index (χ2v) is 6.47. The van der Waals surface area contributed by atoms with Gasteiger partial charge >= 0.3 is 0 Å². The lowest BCUT2D eigenvalue weighted by atomic mass is 10.0. The predicted molar refractivity (Wildman–Crippen MR) is 94.9 cm³/mol. The molecule has 1 heterocycles. The van der Waals surface area contributed by atoms with E-state index in [4.69, 9.17) is 16.3 Å². The van der Waals surface area contributed by atoms with E-state index >= 15 is 0 Å². The van der Waals surface area contributed by atoms with E-state index < -0.39 is 0 Å². The molecule has 0 atom stereocenters. The molecule has 2 amide bonds. The van der Waals surface area contributed by atoms with E-state index in [0.717, 1.165) is 17.5 Å². The summed E-state index contributed by atoms with van der Waals surface area (Å²) in [5.74, 6) is 0.596. The number of benzene rings is 1. The van der Waals surface area contributed by atoms with E-state index in [0.29, 0.717) is 48.9 Å². The van der Waals surface area contributed by atoms with Gasteiger partial charge in [0.1, 0.15) is 5.75 Å². The van der Waals surface area contributed by atoms with Crippen LogP contribution in [0.3, 0.4) is 0 Å². The normalized spacial score (nSPS) is 15.2.